The standard InChI is InChI=1S/C9H7BrFN3/c10-8-3-5(11)1-2-6(8)7-4-13-14-9(7)12/h1-4H,(H3,12,13,14). The molecule has 0 aliphatic heterocycles. The van der Waals surface area contributed by atoms with E-state index in [1.54, 1.807) is 12.3 Å². The number of nitrogens with zero attached hydrogens (tertiary/aromatic N) is 1. The van der Waals surface area contributed by atoms with Gasteiger partial charge in [0.2, 0.25) is 0 Å². The summed E-state index contributed by atoms with van der Waals surface area (Å²) < 4.78 is 13.5. The molecule has 0 aliphatic carbocycles. The first-order chi connectivity index (χ1) is 6.68. The number of nitrogens with two attached hydrogens (primary N) is 1. The molecule has 14 heavy (non-hydrogen) atoms. The molecular weight excluding hydrogens is 249 g/mol. The number of aromatic amines is 1. The highest BCUT2D eigenvalue weighted by Gasteiger charge is 2.08. The Bertz CT molecular complexity index is 467. The predicted molar refractivity (Wildman–Crippen MR) is 56.1 cm³/mol. The Morgan fingerprint density at radius 1 is 1.36 bits per heavy atom. The normalized spacial score (nSPS) is 10.4. The van der Waals surface area contributed by atoms with E-state index >= 15 is 0 Å². The third-order valence-electron chi connectivity index (χ3n) is 1.89. The molecule has 2 rings (SSSR count). The van der Waals surface area contributed by atoms with Gasteiger partial charge in [-0.2, -0.15) is 5.10 Å². The zero-order valence-corrected chi connectivity index (χ0v) is 8.68. The first-order valence-electron chi connectivity index (χ1n) is 3.93. The second-order valence-electron chi connectivity index (χ2n) is 2.82. The van der Waals surface area contributed by atoms with E-state index in [1.807, 2.05) is 0 Å². The lowest BCUT2D eigenvalue weighted by atomic mass is 10.1. The van der Waals surface area contributed by atoms with Gasteiger partial charge >= 0.3 is 0 Å². The Morgan fingerprint density at radius 3 is 2.71 bits per heavy atom. The van der Waals surface area contributed by atoms with Crippen LogP contribution < -0.4 is 5.73 Å². The molecule has 0 bridgehead atoms. The lowest BCUT2D eigenvalue weighted by Gasteiger charge is -2.02. The molecule has 0 spiro atoms. The molecule has 72 valence electrons. The van der Waals surface area contributed by atoms with E-state index in [9.17, 15) is 4.39 Å². The summed E-state index contributed by atoms with van der Waals surface area (Å²) in [4.78, 5) is 0. The summed E-state index contributed by atoms with van der Waals surface area (Å²) in [6, 6.07) is 4.43. The van der Waals surface area contributed by atoms with Crippen LogP contribution in [0.25, 0.3) is 11.1 Å². The number of nitrogens with one attached hydrogen (secondary N) is 1. The largest absolute Gasteiger partial charge is 0.384 e. The SMILES string of the molecule is Nc1[nH]ncc1-c1ccc(F)cc1Br. The highest BCUT2D eigenvalue weighted by atomic mass is 79.9. The Morgan fingerprint density at radius 2 is 2.14 bits per heavy atom. The average Bonchev–Trinajstić information content (AvgIpc) is 2.52. The zero-order valence-electron chi connectivity index (χ0n) is 7.09. The zero-order chi connectivity index (χ0) is 10.1. The Labute approximate surface area is 88.3 Å². The minimum Gasteiger partial charge on any atom is -0.384 e. The van der Waals surface area contributed by atoms with E-state index in [0.29, 0.717) is 10.3 Å². The van der Waals surface area contributed by atoms with Crippen LogP contribution in [-0.2, 0) is 0 Å². The lowest BCUT2D eigenvalue weighted by molar-refractivity contribution is 0.627. The number of hydrogen-bond donors (Lipinski definition) is 2. The molecule has 0 fully saturated rings. The molecule has 0 saturated heterocycles. The van der Waals surface area contributed by atoms with Crippen molar-refractivity contribution < 1.29 is 4.39 Å². The maximum Gasteiger partial charge on any atom is 0.126 e. The number of benzene rings is 1. The van der Waals surface area contributed by atoms with Crippen LogP contribution in [0, 0.1) is 5.82 Å². The average molecular weight is 256 g/mol. The van der Waals surface area contributed by atoms with Crippen molar-refractivity contribution in [3.63, 3.8) is 0 Å². The maximum absolute atomic E-state index is 12.8. The van der Waals surface area contributed by atoms with Crippen molar-refractivity contribution in [3.05, 3.63) is 34.7 Å². The number of H-pyrrole nitrogens is 1. The molecule has 2 aromatic rings. The Kier molecular flexibility index (Phi) is 2.25. The van der Waals surface area contributed by atoms with E-state index in [4.69, 9.17) is 5.73 Å². The molecule has 1 aromatic heterocycles. The van der Waals surface area contributed by atoms with Gasteiger partial charge in [0.05, 0.1) is 6.20 Å². The molecule has 1 heterocycles. The van der Waals surface area contributed by atoms with Crippen molar-refractivity contribution in [1.29, 1.82) is 0 Å². The number of aromatic nitrogens is 2. The molecule has 0 atom stereocenters. The van der Waals surface area contributed by atoms with E-state index < -0.39 is 0 Å². The molecule has 3 N–H and O–H groups in total. The quantitative estimate of drug-likeness (QED) is 0.823. The minimum atomic E-state index is -0.289. The molecule has 3 nitrogen and oxygen atoms in total. The van der Waals surface area contributed by atoms with Gasteiger partial charge < -0.3 is 5.73 Å². The van der Waals surface area contributed by atoms with Crippen LogP contribution in [0.5, 0.6) is 0 Å². The number of halogens is 2. The molecule has 5 heteroatoms. The van der Waals surface area contributed by atoms with Crippen LogP contribution in [-0.4, -0.2) is 10.2 Å². The van der Waals surface area contributed by atoms with Crippen LogP contribution in [0.4, 0.5) is 10.2 Å². The van der Waals surface area contributed by atoms with Gasteiger partial charge in [-0.05, 0) is 12.1 Å². The summed E-state index contributed by atoms with van der Waals surface area (Å²) in [5.74, 6) is 0.181. The van der Waals surface area contributed by atoms with Gasteiger partial charge in [0.1, 0.15) is 11.6 Å². The van der Waals surface area contributed by atoms with Crippen LogP contribution in [0.3, 0.4) is 0 Å². The molecule has 0 unspecified atom stereocenters. The van der Waals surface area contributed by atoms with Crippen LogP contribution in [0.15, 0.2) is 28.9 Å². The van der Waals surface area contributed by atoms with Crippen LogP contribution in [0.1, 0.15) is 0 Å². The van der Waals surface area contributed by atoms with E-state index in [0.717, 1.165) is 11.1 Å². The first-order valence-corrected chi connectivity index (χ1v) is 4.72. The molecule has 0 amide bonds. The number of hydrogen-bond acceptors (Lipinski definition) is 2. The summed E-state index contributed by atoms with van der Waals surface area (Å²) in [6.45, 7) is 0. The van der Waals surface area contributed by atoms with Gasteiger partial charge in [-0.3, -0.25) is 5.10 Å². The first kappa shape index (κ1) is 9.21. The third-order valence-corrected chi connectivity index (χ3v) is 2.55. The monoisotopic (exact) mass is 255 g/mol. The van der Waals surface area contributed by atoms with Gasteiger partial charge in [0.15, 0.2) is 0 Å². The molecule has 0 saturated carbocycles. The number of rotatable bonds is 1. The molecular formula is C9H7BrFN3. The minimum absolute atomic E-state index is 0.289. The third kappa shape index (κ3) is 1.50. The summed E-state index contributed by atoms with van der Waals surface area (Å²) in [7, 11) is 0. The molecule has 0 aliphatic rings. The summed E-state index contributed by atoms with van der Waals surface area (Å²) >= 11 is 3.27. The molecule has 1 aromatic carbocycles. The smallest absolute Gasteiger partial charge is 0.126 e. The van der Waals surface area contributed by atoms with Crippen LogP contribution >= 0.6 is 15.9 Å². The van der Waals surface area contributed by atoms with Crippen molar-refractivity contribution in [3.8, 4) is 11.1 Å². The number of nitrogen functional groups attached to an aromatic ring is 1. The van der Waals surface area contributed by atoms with Crippen molar-refractivity contribution in [2.75, 3.05) is 5.73 Å². The van der Waals surface area contributed by atoms with Crippen molar-refractivity contribution in [2.45, 2.75) is 0 Å². The fourth-order valence-electron chi connectivity index (χ4n) is 1.22. The molecule has 0 radical (unpaired) electrons. The predicted octanol–water partition coefficient (Wildman–Crippen LogP) is 2.56. The second-order valence-corrected chi connectivity index (χ2v) is 3.68. The summed E-state index contributed by atoms with van der Waals surface area (Å²) in [5, 5.41) is 6.42. The van der Waals surface area contributed by atoms with Gasteiger partial charge in [-0.25, -0.2) is 4.39 Å². The van der Waals surface area contributed by atoms with Gasteiger partial charge in [0, 0.05) is 15.6 Å². The van der Waals surface area contributed by atoms with E-state index in [1.165, 1.54) is 12.1 Å². The van der Waals surface area contributed by atoms with Crippen molar-refractivity contribution >= 4 is 21.7 Å². The summed E-state index contributed by atoms with van der Waals surface area (Å²) in [5.41, 5.74) is 7.23. The van der Waals surface area contributed by atoms with Crippen LogP contribution in [0.2, 0.25) is 0 Å². The van der Waals surface area contributed by atoms with Crippen molar-refractivity contribution in [1.82, 2.24) is 10.2 Å². The highest BCUT2D eigenvalue weighted by molar-refractivity contribution is 9.10. The highest BCUT2D eigenvalue weighted by Crippen LogP contribution is 2.31. The fraction of sp³-hybridized carbons (Fsp3) is 0. The van der Waals surface area contributed by atoms with Gasteiger partial charge in [-0.1, -0.05) is 22.0 Å². The second kappa shape index (κ2) is 3.42. The Balaban J connectivity index is 2.58. The van der Waals surface area contributed by atoms with Gasteiger partial charge in [0.25, 0.3) is 0 Å². The summed E-state index contributed by atoms with van der Waals surface area (Å²) in [6.07, 6.45) is 1.60. The Hall–Kier alpha value is -1.36. The number of anilines is 1. The maximum atomic E-state index is 12.8. The van der Waals surface area contributed by atoms with Crippen molar-refractivity contribution in [2.24, 2.45) is 0 Å². The topological polar surface area (TPSA) is 54.7 Å². The lowest BCUT2D eigenvalue weighted by Crippen LogP contribution is -1.88. The van der Waals surface area contributed by atoms with E-state index in [2.05, 4.69) is 26.1 Å². The van der Waals surface area contributed by atoms with Gasteiger partial charge in [-0.15, -0.1) is 0 Å². The van der Waals surface area contributed by atoms with E-state index in [-0.39, 0.29) is 5.82 Å². The fourth-order valence-corrected chi connectivity index (χ4v) is 1.78.